The fraction of sp³-hybridized carbons (Fsp3) is 0.208. The Morgan fingerprint density at radius 1 is 0.966 bits per heavy atom. The van der Waals surface area contributed by atoms with Crippen molar-refractivity contribution in [3.63, 3.8) is 0 Å². The lowest BCUT2D eigenvalue weighted by Crippen LogP contribution is -2.32. The quantitative estimate of drug-likeness (QED) is 0.420. The number of hydrogen-bond donors (Lipinski definition) is 1. The van der Waals surface area contributed by atoms with Crippen molar-refractivity contribution in [1.82, 2.24) is 0 Å². The van der Waals surface area contributed by atoms with Crippen LogP contribution < -0.4 is 10.1 Å². The zero-order chi connectivity index (χ0) is 20.6. The average molecular weight is 426 g/mol. The Balaban J connectivity index is 1.60. The van der Waals surface area contributed by atoms with Crippen LogP contribution in [-0.2, 0) is 10.5 Å². The highest BCUT2D eigenvalue weighted by Crippen LogP contribution is 2.26. The van der Waals surface area contributed by atoms with Crippen LogP contribution >= 0.6 is 23.4 Å². The number of carbonyl (C=O) groups is 1. The first-order valence-corrected chi connectivity index (χ1v) is 10.9. The van der Waals surface area contributed by atoms with Crippen molar-refractivity contribution in [3.8, 4) is 11.5 Å². The summed E-state index contributed by atoms with van der Waals surface area (Å²) >= 11 is 7.27. The summed E-state index contributed by atoms with van der Waals surface area (Å²) in [5.74, 6) is 2.32. The maximum Gasteiger partial charge on any atom is 0.211 e. The predicted octanol–water partition coefficient (Wildman–Crippen LogP) is 7.03. The minimum Gasteiger partial charge on any atom is -0.457 e. The Bertz CT molecular complexity index is 929. The minimum absolute atomic E-state index is 0.115. The Labute approximate surface area is 181 Å². The normalized spacial score (nSPS) is 11.9. The van der Waals surface area contributed by atoms with E-state index in [2.05, 4.69) is 5.32 Å². The van der Waals surface area contributed by atoms with Crippen molar-refractivity contribution in [2.24, 2.45) is 5.92 Å². The van der Waals surface area contributed by atoms with Crippen molar-refractivity contribution in [2.45, 2.75) is 25.6 Å². The molecule has 1 N–H and O–H groups in total. The van der Waals surface area contributed by atoms with Crippen molar-refractivity contribution in [3.05, 3.63) is 89.4 Å². The first-order chi connectivity index (χ1) is 14.0. The molecule has 0 radical (unpaired) electrons. The maximum absolute atomic E-state index is 12.8. The molecule has 3 aromatic rings. The van der Waals surface area contributed by atoms with Gasteiger partial charge in [-0.2, -0.15) is 0 Å². The van der Waals surface area contributed by atoms with E-state index in [4.69, 9.17) is 16.3 Å². The van der Waals surface area contributed by atoms with E-state index in [0.29, 0.717) is 10.8 Å². The molecule has 3 aromatic carbocycles. The molecule has 0 aliphatic carbocycles. The molecule has 0 aliphatic rings. The number of anilines is 1. The number of rotatable bonds is 8. The number of carbonyl (C=O) groups excluding carboxylic acids is 1. The summed E-state index contributed by atoms with van der Waals surface area (Å²) in [4.78, 5) is 12.8. The highest BCUT2D eigenvalue weighted by Gasteiger charge is 2.22. The van der Waals surface area contributed by atoms with Crippen LogP contribution in [0.25, 0.3) is 0 Å². The topological polar surface area (TPSA) is 38.3 Å². The summed E-state index contributed by atoms with van der Waals surface area (Å²) < 4.78 is 5.88. The van der Waals surface area contributed by atoms with Crippen molar-refractivity contribution >= 4 is 34.2 Å². The SMILES string of the molecule is CC(C)C(Nc1ccc(Cl)cc1)C(=O)SCc1cccc(Oc2ccccc2)c1. The molecule has 1 atom stereocenters. The van der Waals surface area contributed by atoms with Gasteiger partial charge in [0.15, 0.2) is 0 Å². The number of thioether (sulfide) groups is 1. The van der Waals surface area contributed by atoms with Gasteiger partial charge in [0.05, 0.1) is 6.04 Å². The van der Waals surface area contributed by atoms with Gasteiger partial charge in [0.2, 0.25) is 5.12 Å². The molecule has 0 fully saturated rings. The molecule has 3 nitrogen and oxygen atoms in total. The number of hydrogen-bond acceptors (Lipinski definition) is 4. The average Bonchev–Trinajstić information content (AvgIpc) is 2.72. The zero-order valence-electron chi connectivity index (χ0n) is 16.5. The van der Waals surface area contributed by atoms with Crippen LogP contribution in [-0.4, -0.2) is 11.2 Å². The molecule has 0 saturated heterocycles. The molecular formula is C24H24ClNO2S. The first kappa shape index (κ1) is 21.3. The third-order valence-corrected chi connectivity index (χ3v) is 5.61. The van der Waals surface area contributed by atoms with E-state index in [1.807, 2.05) is 92.7 Å². The molecule has 0 saturated carbocycles. The number of benzene rings is 3. The van der Waals surface area contributed by atoms with Gasteiger partial charge >= 0.3 is 0 Å². The standard InChI is InChI=1S/C24H24ClNO2S/c1-17(2)23(26-20-13-11-19(25)12-14-20)24(27)29-16-18-7-6-10-22(15-18)28-21-8-4-3-5-9-21/h3-15,17,23,26H,16H2,1-2H3. The fourth-order valence-electron chi connectivity index (χ4n) is 2.79. The Morgan fingerprint density at radius 2 is 1.66 bits per heavy atom. The second kappa shape index (κ2) is 10.4. The molecule has 0 spiro atoms. The number of halogens is 1. The summed E-state index contributed by atoms with van der Waals surface area (Å²) in [7, 11) is 0. The summed E-state index contributed by atoms with van der Waals surface area (Å²) in [6.07, 6.45) is 0. The third kappa shape index (κ3) is 6.55. The van der Waals surface area contributed by atoms with Gasteiger partial charge in [0.25, 0.3) is 0 Å². The lowest BCUT2D eigenvalue weighted by Gasteiger charge is -2.22. The molecule has 0 bridgehead atoms. The summed E-state index contributed by atoms with van der Waals surface area (Å²) in [5, 5.41) is 4.12. The van der Waals surface area contributed by atoms with Crippen molar-refractivity contribution in [1.29, 1.82) is 0 Å². The molecule has 0 aliphatic heterocycles. The van der Waals surface area contributed by atoms with Gasteiger partial charge in [0.1, 0.15) is 11.5 Å². The molecule has 150 valence electrons. The van der Waals surface area contributed by atoms with E-state index >= 15 is 0 Å². The second-order valence-corrected chi connectivity index (χ2v) is 8.46. The molecule has 5 heteroatoms. The van der Waals surface area contributed by atoms with E-state index in [1.54, 1.807) is 0 Å². The molecular weight excluding hydrogens is 402 g/mol. The summed E-state index contributed by atoms with van der Waals surface area (Å²) in [5.41, 5.74) is 1.94. The molecule has 0 heterocycles. The predicted molar refractivity (Wildman–Crippen MR) is 123 cm³/mol. The van der Waals surface area contributed by atoms with Gasteiger partial charge in [-0.3, -0.25) is 4.79 Å². The van der Waals surface area contributed by atoms with Crippen LogP contribution in [0.1, 0.15) is 19.4 Å². The van der Waals surface area contributed by atoms with Crippen molar-refractivity contribution < 1.29 is 9.53 Å². The molecule has 0 aromatic heterocycles. The Kier molecular flexibility index (Phi) is 7.62. The Morgan fingerprint density at radius 3 is 2.34 bits per heavy atom. The smallest absolute Gasteiger partial charge is 0.211 e. The van der Waals surface area contributed by atoms with Crippen LogP contribution in [0.4, 0.5) is 5.69 Å². The molecule has 0 amide bonds. The van der Waals surface area contributed by atoms with Crippen LogP contribution in [0.3, 0.4) is 0 Å². The van der Waals surface area contributed by atoms with Gasteiger partial charge in [-0.05, 0) is 60.0 Å². The Hall–Kier alpha value is -2.43. The van der Waals surface area contributed by atoms with E-state index in [0.717, 1.165) is 22.7 Å². The van der Waals surface area contributed by atoms with Gasteiger partial charge < -0.3 is 10.1 Å². The third-order valence-electron chi connectivity index (χ3n) is 4.35. The number of ether oxygens (including phenoxy) is 1. The molecule has 1 unspecified atom stereocenters. The van der Waals surface area contributed by atoms with Gasteiger partial charge in [0, 0.05) is 16.5 Å². The number of para-hydroxylation sites is 1. The monoisotopic (exact) mass is 425 g/mol. The molecule has 29 heavy (non-hydrogen) atoms. The summed E-state index contributed by atoms with van der Waals surface area (Å²) in [6, 6.07) is 24.7. The van der Waals surface area contributed by atoms with Gasteiger partial charge in [-0.1, -0.05) is 67.5 Å². The van der Waals surface area contributed by atoms with E-state index in [-0.39, 0.29) is 17.1 Å². The van der Waals surface area contributed by atoms with Crippen LogP contribution in [0.15, 0.2) is 78.9 Å². The van der Waals surface area contributed by atoms with E-state index in [9.17, 15) is 4.79 Å². The maximum atomic E-state index is 12.8. The van der Waals surface area contributed by atoms with E-state index in [1.165, 1.54) is 11.8 Å². The van der Waals surface area contributed by atoms with E-state index < -0.39 is 0 Å². The summed E-state index contributed by atoms with van der Waals surface area (Å²) in [6.45, 7) is 4.08. The second-order valence-electron chi connectivity index (χ2n) is 7.04. The van der Waals surface area contributed by atoms with Gasteiger partial charge in [-0.25, -0.2) is 0 Å². The first-order valence-electron chi connectivity index (χ1n) is 9.52. The fourth-order valence-corrected chi connectivity index (χ4v) is 3.92. The highest BCUT2D eigenvalue weighted by atomic mass is 35.5. The van der Waals surface area contributed by atoms with Crippen LogP contribution in [0.2, 0.25) is 5.02 Å². The lowest BCUT2D eigenvalue weighted by atomic mass is 10.1. The zero-order valence-corrected chi connectivity index (χ0v) is 18.0. The largest absolute Gasteiger partial charge is 0.457 e. The lowest BCUT2D eigenvalue weighted by molar-refractivity contribution is -0.112. The van der Waals surface area contributed by atoms with Gasteiger partial charge in [-0.15, -0.1) is 0 Å². The van der Waals surface area contributed by atoms with Crippen LogP contribution in [0.5, 0.6) is 11.5 Å². The minimum atomic E-state index is -0.273. The van der Waals surface area contributed by atoms with Crippen molar-refractivity contribution in [2.75, 3.05) is 5.32 Å². The highest BCUT2D eigenvalue weighted by molar-refractivity contribution is 8.13. The number of nitrogens with one attached hydrogen (secondary N) is 1. The molecule has 3 rings (SSSR count). The van der Waals surface area contributed by atoms with Crippen LogP contribution in [0, 0.1) is 5.92 Å².